The number of aromatic nitrogens is 2. The van der Waals surface area contributed by atoms with Gasteiger partial charge in [0.05, 0.1) is 62.3 Å². The van der Waals surface area contributed by atoms with Gasteiger partial charge in [-0.2, -0.15) is 39.5 Å². The molecule has 0 aliphatic heterocycles. The van der Waals surface area contributed by atoms with E-state index < -0.39 is 58.3 Å². The van der Waals surface area contributed by atoms with Gasteiger partial charge in [-0.25, -0.2) is 0 Å². The maximum absolute atomic E-state index is 14.3. The van der Waals surface area contributed by atoms with E-state index in [1.165, 1.54) is 28.8 Å². The summed E-state index contributed by atoms with van der Waals surface area (Å²) in [6, 6.07) is 34.1. The second-order valence-corrected chi connectivity index (χ2v) is 28.5. The van der Waals surface area contributed by atoms with Crippen LogP contribution in [0.5, 0.6) is 23.0 Å². The molecule has 0 amide bonds. The third kappa shape index (κ3) is 13.0. The van der Waals surface area contributed by atoms with Gasteiger partial charge in [0, 0.05) is 50.2 Å². The first-order valence-electron chi connectivity index (χ1n) is 30.2. The number of alkyl halides is 9. The SMILES string of the molecule is Cc1ccc(O[C@H](C)C[C@H](C)Oc2ccc(C)cc2-c2cc(C(C)(C)CC(C)(C)C)cc(-n3c4ccc(C(F)(F)F)cc4c4cc(C(F)(F)F)ccc43)c2O)c(-c2cc(C(C)(C)CC(C)(C)C)cc(-n3c4ccc(C)cc4c4cc(C(F)(F)F)ccc43)c2O)c1. The molecule has 10 aromatic rings. The van der Waals surface area contributed by atoms with E-state index in [0.29, 0.717) is 74.1 Å². The van der Waals surface area contributed by atoms with E-state index in [-0.39, 0.29) is 49.8 Å². The molecule has 2 N–H and O–H groups in total. The van der Waals surface area contributed by atoms with Crippen LogP contribution in [-0.4, -0.2) is 31.6 Å². The Hall–Kier alpha value is -8.07. The summed E-state index contributed by atoms with van der Waals surface area (Å²) in [4.78, 5) is 0. The zero-order chi connectivity index (χ0) is 65.9. The highest BCUT2D eigenvalue weighted by Crippen LogP contribution is 2.51. The molecule has 0 saturated heterocycles. The number of rotatable bonds is 14. The van der Waals surface area contributed by atoms with Crippen molar-refractivity contribution in [2.24, 2.45) is 10.8 Å². The minimum atomic E-state index is -4.80. The van der Waals surface area contributed by atoms with Crippen molar-refractivity contribution in [2.45, 2.75) is 165 Å². The molecule has 0 aliphatic carbocycles. The van der Waals surface area contributed by atoms with Crippen LogP contribution in [0.4, 0.5) is 39.5 Å². The van der Waals surface area contributed by atoms with Gasteiger partial charge in [0.15, 0.2) is 0 Å². The van der Waals surface area contributed by atoms with Crippen LogP contribution in [0.15, 0.2) is 133 Å². The lowest BCUT2D eigenvalue weighted by atomic mass is 9.71. The van der Waals surface area contributed by atoms with Crippen LogP contribution in [0.2, 0.25) is 0 Å². The van der Waals surface area contributed by atoms with Crippen molar-refractivity contribution in [3.63, 3.8) is 0 Å². The maximum atomic E-state index is 14.3. The van der Waals surface area contributed by atoms with Crippen molar-refractivity contribution in [3.8, 4) is 56.6 Å². The number of phenolic OH excluding ortho intramolecular Hbond substituents is 2. The summed E-state index contributed by atoms with van der Waals surface area (Å²) in [5.74, 6) is 0.462. The molecule has 2 heterocycles. The molecule has 10 rings (SSSR count). The average Bonchev–Trinajstić information content (AvgIpc) is 1.54. The molecular formula is C75H77F9N2O4. The molecule has 15 heteroatoms. The predicted molar refractivity (Wildman–Crippen MR) is 344 cm³/mol. The van der Waals surface area contributed by atoms with Crippen LogP contribution in [0.3, 0.4) is 0 Å². The molecule has 0 radical (unpaired) electrons. The van der Waals surface area contributed by atoms with Gasteiger partial charge >= 0.3 is 18.5 Å². The molecule has 0 aliphatic rings. The summed E-state index contributed by atoms with van der Waals surface area (Å²) in [5, 5.41) is 26.6. The molecule has 8 aromatic carbocycles. The van der Waals surface area contributed by atoms with E-state index in [4.69, 9.17) is 9.47 Å². The smallest absolute Gasteiger partial charge is 0.416 e. The average molecular weight is 1240 g/mol. The van der Waals surface area contributed by atoms with Crippen molar-refractivity contribution < 1.29 is 59.2 Å². The minimum absolute atomic E-state index is 0.0769. The fraction of sp³-hybridized carbons (Fsp3) is 0.360. The van der Waals surface area contributed by atoms with E-state index in [1.807, 2.05) is 106 Å². The number of benzene rings is 8. The largest absolute Gasteiger partial charge is 0.505 e. The number of phenols is 2. The first-order valence-corrected chi connectivity index (χ1v) is 30.2. The van der Waals surface area contributed by atoms with Crippen molar-refractivity contribution in [2.75, 3.05) is 0 Å². The Bertz CT molecular complexity index is 4360. The lowest BCUT2D eigenvalue weighted by molar-refractivity contribution is -0.138. The number of halogens is 9. The van der Waals surface area contributed by atoms with Crippen molar-refractivity contribution in [1.29, 1.82) is 0 Å². The van der Waals surface area contributed by atoms with E-state index in [9.17, 15) is 49.7 Å². The normalized spacial score (nSPS) is 13.9. The molecule has 0 unspecified atom stereocenters. The second-order valence-electron chi connectivity index (χ2n) is 28.5. The first-order chi connectivity index (χ1) is 41.6. The summed E-state index contributed by atoms with van der Waals surface area (Å²) in [6.45, 7) is 30.7. The molecule has 0 spiro atoms. The summed E-state index contributed by atoms with van der Waals surface area (Å²) in [6.07, 6.45) is -13.6. The van der Waals surface area contributed by atoms with Crippen LogP contribution in [-0.2, 0) is 29.4 Å². The minimum Gasteiger partial charge on any atom is -0.505 e. The van der Waals surface area contributed by atoms with E-state index in [0.717, 1.165) is 64.6 Å². The van der Waals surface area contributed by atoms with E-state index >= 15 is 0 Å². The fourth-order valence-electron chi connectivity index (χ4n) is 13.7. The van der Waals surface area contributed by atoms with Gasteiger partial charge in [-0.3, -0.25) is 0 Å². The van der Waals surface area contributed by atoms with Crippen molar-refractivity contribution in [3.05, 3.63) is 178 Å². The number of hydrogen-bond donors (Lipinski definition) is 2. The lowest BCUT2D eigenvalue weighted by Gasteiger charge is -2.34. The van der Waals surface area contributed by atoms with Crippen LogP contribution in [0.1, 0.15) is 147 Å². The summed E-state index contributed by atoms with van der Waals surface area (Å²) in [5.41, 5.74) is 3.74. The maximum Gasteiger partial charge on any atom is 0.416 e. The highest BCUT2D eigenvalue weighted by Gasteiger charge is 2.37. The number of hydrogen-bond acceptors (Lipinski definition) is 4. The van der Waals surface area contributed by atoms with Gasteiger partial charge < -0.3 is 28.8 Å². The Morgan fingerprint density at radius 2 is 0.667 bits per heavy atom. The summed E-state index contributed by atoms with van der Waals surface area (Å²) in [7, 11) is 0. The zero-order valence-corrected chi connectivity index (χ0v) is 53.5. The topological polar surface area (TPSA) is 68.8 Å². The third-order valence-corrected chi connectivity index (χ3v) is 17.0. The van der Waals surface area contributed by atoms with Gasteiger partial charge in [-0.1, -0.05) is 104 Å². The molecule has 90 heavy (non-hydrogen) atoms. The van der Waals surface area contributed by atoms with Crippen LogP contribution in [0.25, 0.3) is 77.2 Å². The fourth-order valence-corrected chi connectivity index (χ4v) is 13.7. The van der Waals surface area contributed by atoms with Gasteiger partial charge in [0.1, 0.15) is 23.0 Å². The highest BCUT2D eigenvalue weighted by atomic mass is 19.4. The van der Waals surface area contributed by atoms with Gasteiger partial charge in [-0.15, -0.1) is 0 Å². The number of aromatic hydroxyl groups is 2. The Morgan fingerprint density at radius 3 is 0.989 bits per heavy atom. The molecule has 2 aromatic heterocycles. The quantitative estimate of drug-likeness (QED) is 0.106. The Morgan fingerprint density at radius 1 is 0.367 bits per heavy atom. The number of fused-ring (bicyclic) bond motifs is 6. The van der Waals surface area contributed by atoms with Crippen molar-refractivity contribution >= 4 is 43.6 Å². The van der Waals surface area contributed by atoms with E-state index in [2.05, 4.69) is 69.2 Å². The number of ether oxygens (including phenoxy) is 2. The third-order valence-electron chi connectivity index (χ3n) is 17.0. The Kier molecular flexibility index (Phi) is 16.4. The second kappa shape index (κ2) is 22.7. The molecule has 2 atom stereocenters. The zero-order valence-electron chi connectivity index (χ0n) is 53.5. The predicted octanol–water partition coefficient (Wildman–Crippen LogP) is 22.7. The molecule has 0 saturated carbocycles. The lowest BCUT2D eigenvalue weighted by Crippen LogP contribution is -2.25. The monoisotopic (exact) mass is 1240 g/mol. The standard InChI is InChI=1S/C75H77F9N2O4/c1-41-16-22-59-51(28-41)52-32-46(73(76,77)78)19-23-60(52)85(59)63-37-49(71(12,13)39-69(6,7)8)35-57(67(63)87)55-29-42(2)17-26-65(55)89-44(4)31-45(5)90-66-27-18-43(3)30-56(66)58-36-50(72(14,15)40-70(9,10)11)38-64(68(58)88)86-61-24-20-47(74(79,80)81)33-53(61)54-34-48(75(82,83)84)21-25-62(54)86/h16-30,32-38,44-45,87-88H,31,39-40H2,1-15H3/t44-,45+/m1/s1. The molecule has 0 fully saturated rings. The number of aryl methyl sites for hydroxylation is 3. The van der Waals surface area contributed by atoms with Gasteiger partial charge in [0.25, 0.3) is 0 Å². The van der Waals surface area contributed by atoms with Crippen molar-refractivity contribution in [1.82, 2.24) is 9.13 Å². The van der Waals surface area contributed by atoms with Crippen LogP contribution >= 0.6 is 0 Å². The molecule has 0 bridgehead atoms. The summed E-state index contributed by atoms with van der Waals surface area (Å²) >= 11 is 0. The molecule has 6 nitrogen and oxygen atoms in total. The van der Waals surface area contributed by atoms with Gasteiger partial charge in [0.2, 0.25) is 0 Å². The molecule has 474 valence electrons. The Balaban J connectivity index is 1.06. The van der Waals surface area contributed by atoms with Crippen LogP contribution < -0.4 is 9.47 Å². The first kappa shape index (κ1) is 64.9. The molecular weight excluding hydrogens is 1160 g/mol. The van der Waals surface area contributed by atoms with Crippen LogP contribution in [0, 0.1) is 31.6 Å². The van der Waals surface area contributed by atoms with Gasteiger partial charge in [-0.05, 0) is 196 Å². The Labute approximate surface area is 519 Å². The summed E-state index contributed by atoms with van der Waals surface area (Å²) < 4.78 is 146. The number of nitrogens with zero attached hydrogens (tertiary/aromatic N) is 2. The van der Waals surface area contributed by atoms with E-state index in [1.54, 1.807) is 12.1 Å². The highest BCUT2D eigenvalue weighted by molar-refractivity contribution is 6.11.